The number of hydrogen-bond acceptors (Lipinski definition) is 3. The highest BCUT2D eigenvalue weighted by molar-refractivity contribution is 5.85. The van der Waals surface area contributed by atoms with Gasteiger partial charge in [-0.3, -0.25) is 4.79 Å². The minimum Gasteiger partial charge on any atom is -0.493 e. The first-order valence-corrected chi connectivity index (χ1v) is 9.29. The van der Waals surface area contributed by atoms with Crippen molar-refractivity contribution in [3.63, 3.8) is 0 Å². The number of H-pyrrole nitrogens is 1. The smallest absolute Gasteiger partial charge is 0.224 e. The first-order chi connectivity index (χ1) is 13.5. The molecule has 3 aromatic rings. The molecular formula is C22H23FN2O3. The number of halogens is 1. The first-order valence-electron chi connectivity index (χ1n) is 9.29. The van der Waals surface area contributed by atoms with E-state index in [1.165, 1.54) is 6.07 Å². The molecule has 1 amide bonds. The largest absolute Gasteiger partial charge is 0.493 e. The van der Waals surface area contributed by atoms with Crippen molar-refractivity contribution in [2.75, 3.05) is 20.8 Å². The number of ether oxygens (including phenoxy) is 2. The van der Waals surface area contributed by atoms with Gasteiger partial charge < -0.3 is 19.8 Å². The lowest BCUT2D eigenvalue weighted by Gasteiger charge is -2.16. The lowest BCUT2D eigenvalue weighted by Crippen LogP contribution is -2.33. The minimum atomic E-state index is -0.248. The van der Waals surface area contributed by atoms with E-state index >= 15 is 0 Å². The number of nitrogens with one attached hydrogen (secondary N) is 2. The Morgan fingerprint density at radius 1 is 1.14 bits per heavy atom. The normalized spacial score (nSPS) is 14.7. The molecule has 0 atom stereocenters. The number of amides is 1. The molecule has 0 radical (unpaired) electrons. The van der Waals surface area contributed by atoms with E-state index in [4.69, 9.17) is 9.47 Å². The number of rotatable bonds is 7. The van der Waals surface area contributed by atoms with Crippen LogP contribution in [0.3, 0.4) is 0 Å². The number of methoxy groups -OCH3 is 2. The second-order valence-electron chi connectivity index (χ2n) is 7.32. The van der Waals surface area contributed by atoms with E-state index in [-0.39, 0.29) is 23.6 Å². The van der Waals surface area contributed by atoms with Crippen molar-refractivity contribution in [3.8, 4) is 11.5 Å². The van der Waals surface area contributed by atoms with Crippen molar-refractivity contribution >= 4 is 16.8 Å². The third kappa shape index (κ3) is 3.42. The highest BCUT2D eigenvalue weighted by atomic mass is 19.1. The molecule has 0 aliphatic heterocycles. The molecule has 1 aromatic heterocycles. The number of carbonyl (C=O) groups is 1. The van der Waals surface area contributed by atoms with Crippen molar-refractivity contribution < 1.29 is 18.7 Å². The fourth-order valence-electron chi connectivity index (χ4n) is 3.73. The van der Waals surface area contributed by atoms with Crippen LogP contribution in [0.25, 0.3) is 10.9 Å². The standard InChI is InChI=1S/C22H23FN2O3/c1-27-19-6-3-14(9-20(19)28-2)10-21(26)25-13-22(7-8-22)17-12-24-18-5-4-15(23)11-16(17)18/h3-6,9,11-12,24H,7-8,10,13H2,1-2H3,(H,25,26). The molecule has 2 aromatic carbocycles. The average Bonchev–Trinajstić information content (AvgIpc) is 3.37. The van der Waals surface area contributed by atoms with E-state index in [2.05, 4.69) is 10.3 Å². The van der Waals surface area contributed by atoms with Gasteiger partial charge in [0.15, 0.2) is 11.5 Å². The second kappa shape index (κ2) is 7.19. The lowest BCUT2D eigenvalue weighted by molar-refractivity contribution is -0.120. The molecule has 5 nitrogen and oxygen atoms in total. The lowest BCUT2D eigenvalue weighted by atomic mass is 9.95. The van der Waals surface area contributed by atoms with Gasteiger partial charge in [0.2, 0.25) is 5.91 Å². The molecule has 0 spiro atoms. The topological polar surface area (TPSA) is 63.3 Å². The van der Waals surface area contributed by atoms with E-state index in [1.807, 2.05) is 18.3 Å². The van der Waals surface area contributed by atoms with Gasteiger partial charge in [0.25, 0.3) is 0 Å². The summed E-state index contributed by atoms with van der Waals surface area (Å²) in [6.45, 7) is 0.544. The van der Waals surface area contributed by atoms with E-state index in [0.29, 0.717) is 18.0 Å². The van der Waals surface area contributed by atoms with Crippen molar-refractivity contribution in [2.45, 2.75) is 24.7 Å². The van der Waals surface area contributed by atoms with E-state index in [0.717, 1.165) is 34.9 Å². The fourth-order valence-corrected chi connectivity index (χ4v) is 3.73. The highest BCUT2D eigenvalue weighted by Crippen LogP contribution is 2.50. The zero-order valence-corrected chi connectivity index (χ0v) is 16.0. The molecule has 1 aliphatic rings. The summed E-state index contributed by atoms with van der Waals surface area (Å²) in [4.78, 5) is 15.7. The molecule has 28 heavy (non-hydrogen) atoms. The van der Waals surface area contributed by atoms with Gasteiger partial charge in [-0.25, -0.2) is 4.39 Å². The molecule has 2 N–H and O–H groups in total. The Balaban J connectivity index is 1.44. The maximum absolute atomic E-state index is 13.7. The van der Waals surface area contributed by atoms with Crippen LogP contribution in [0.1, 0.15) is 24.0 Å². The van der Waals surface area contributed by atoms with Crippen molar-refractivity contribution in [1.82, 2.24) is 10.3 Å². The molecule has 4 rings (SSSR count). The number of carbonyl (C=O) groups excluding carboxylic acids is 1. The number of aromatic nitrogens is 1. The van der Waals surface area contributed by atoms with Crippen molar-refractivity contribution in [3.05, 3.63) is 59.5 Å². The summed E-state index contributed by atoms with van der Waals surface area (Å²) >= 11 is 0. The van der Waals surface area contributed by atoms with Crippen LogP contribution in [-0.4, -0.2) is 31.7 Å². The molecule has 6 heteroatoms. The van der Waals surface area contributed by atoms with E-state index in [1.54, 1.807) is 32.4 Å². The van der Waals surface area contributed by atoms with Gasteiger partial charge in [-0.05, 0) is 54.3 Å². The molecule has 1 heterocycles. The van der Waals surface area contributed by atoms with Crippen LogP contribution in [0.4, 0.5) is 4.39 Å². The molecular weight excluding hydrogens is 359 g/mol. The van der Waals surface area contributed by atoms with Crippen LogP contribution >= 0.6 is 0 Å². The van der Waals surface area contributed by atoms with Crippen LogP contribution in [0.15, 0.2) is 42.6 Å². The number of benzene rings is 2. The van der Waals surface area contributed by atoms with E-state index in [9.17, 15) is 9.18 Å². The number of aromatic amines is 1. The Kier molecular flexibility index (Phi) is 4.71. The van der Waals surface area contributed by atoms with Crippen LogP contribution in [0.5, 0.6) is 11.5 Å². The van der Waals surface area contributed by atoms with E-state index < -0.39 is 0 Å². The third-order valence-electron chi connectivity index (χ3n) is 5.51. The third-order valence-corrected chi connectivity index (χ3v) is 5.51. The molecule has 146 valence electrons. The summed E-state index contributed by atoms with van der Waals surface area (Å²) in [6, 6.07) is 10.2. The number of fused-ring (bicyclic) bond motifs is 1. The summed E-state index contributed by atoms with van der Waals surface area (Å²) in [5.74, 6) is 0.939. The Hall–Kier alpha value is -3.02. The monoisotopic (exact) mass is 382 g/mol. The summed E-state index contributed by atoms with van der Waals surface area (Å²) in [7, 11) is 3.15. The SMILES string of the molecule is COc1ccc(CC(=O)NCC2(c3c[nH]c4ccc(F)cc34)CC2)cc1OC. The van der Waals surface area contributed by atoms with Gasteiger partial charge in [-0.2, -0.15) is 0 Å². The average molecular weight is 382 g/mol. The molecule has 0 saturated heterocycles. The van der Waals surface area contributed by atoms with Crippen molar-refractivity contribution in [1.29, 1.82) is 0 Å². The predicted molar refractivity (Wildman–Crippen MR) is 105 cm³/mol. The maximum Gasteiger partial charge on any atom is 0.224 e. The molecule has 1 fully saturated rings. The van der Waals surface area contributed by atoms with Gasteiger partial charge in [0.05, 0.1) is 20.6 Å². The quantitative estimate of drug-likeness (QED) is 0.655. The van der Waals surface area contributed by atoms with Crippen LogP contribution in [0.2, 0.25) is 0 Å². The second-order valence-corrected chi connectivity index (χ2v) is 7.32. The van der Waals surface area contributed by atoms with Gasteiger partial charge in [0.1, 0.15) is 5.82 Å². The molecule has 1 aliphatic carbocycles. The summed E-state index contributed by atoms with van der Waals surface area (Å²) < 4.78 is 24.2. The first kappa shape index (κ1) is 18.3. The van der Waals surface area contributed by atoms with Crippen LogP contribution < -0.4 is 14.8 Å². The Morgan fingerprint density at radius 2 is 1.93 bits per heavy atom. The molecule has 0 bridgehead atoms. The summed E-state index contributed by atoms with van der Waals surface area (Å²) in [5, 5.41) is 3.94. The zero-order chi connectivity index (χ0) is 19.7. The highest BCUT2D eigenvalue weighted by Gasteiger charge is 2.45. The summed E-state index contributed by atoms with van der Waals surface area (Å²) in [6.07, 6.45) is 4.16. The minimum absolute atomic E-state index is 0.0514. The fraction of sp³-hybridized carbons (Fsp3) is 0.318. The van der Waals surface area contributed by atoms with Crippen LogP contribution in [0, 0.1) is 5.82 Å². The zero-order valence-electron chi connectivity index (χ0n) is 16.0. The van der Waals surface area contributed by atoms with Gasteiger partial charge >= 0.3 is 0 Å². The van der Waals surface area contributed by atoms with Gasteiger partial charge in [-0.15, -0.1) is 0 Å². The van der Waals surface area contributed by atoms with Crippen LogP contribution in [-0.2, 0) is 16.6 Å². The Morgan fingerprint density at radius 3 is 2.64 bits per heavy atom. The maximum atomic E-state index is 13.7. The summed E-state index contributed by atoms with van der Waals surface area (Å²) in [5.41, 5.74) is 2.74. The predicted octanol–water partition coefficient (Wildman–Crippen LogP) is 3.71. The van der Waals surface area contributed by atoms with Gasteiger partial charge in [-0.1, -0.05) is 6.07 Å². The Labute approximate surface area is 162 Å². The van der Waals surface area contributed by atoms with Crippen molar-refractivity contribution in [2.24, 2.45) is 0 Å². The number of hydrogen-bond donors (Lipinski definition) is 2. The Bertz CT molecular complexity index is 1020. The molecule has 1 saturated carbocycles. The van der Waals surface area contributed by atoms with Gasteiger partial charge in [0, 0.05) is 29.1 Å². The molecule has 0 unspecified atom stereocenters.